The lowest BCUT2D eigenvalue weighted by atomic mass is 10.1. The first-order valence-corrected chi connectivity index (χ1v) is 5.83. The van der Waals surface area contributed by atoms with Crippen LogP contribution in [0, 0.1) is 13.8 Å². The second kappa shape index (κ2) is 4.76. The number of aryl methyl sites for hydroxylation is 2. The number of hydrogen-bond donors (Lipinski definition) is 1. The highest BCUT2D eigenvalue weighted by Gasteiger charge is 2.16. The number of carboxylic acid groups (broad SMARTS) is 1. The number of rotatable bonds is 3. The lowest BCUT2D eigenvalue weighted by Gasteiger charge is -2.14. The van der Waals surface area contributed by atoms with Gasteiger partial charge in [0.15, 0.2) is 6.10 Å². The number of hydrogen-bond acceptors (Lipinski definition) is 4. The van der Waals surface area contributed by atoms with Crippen molar-refractivity contribution < 1.29 is 19.1 Å². The highest BCUT2D eigenvalue weighted by atomic mass is 16.5. The molecule has 1 aromatic heterocycles. The molecule has 1 atom stereocenters. The van der Waals surface area contributed by atoms with Crippen molar-refractivity contribution in [2.45, 2.75) is 26.9 Å². The molecule has 1 unspecified atom stereocenters. The standard InChI is InChI=1S/C14H14O5/c1-7-4-10(18-9(3)14(16)17)13-8(2)6-12(15)19-11(13)5-7/h4-6,9H,1-3H3,(H,16,17). The van der Waals surface area contributed by atoms with E-state index >= 15 is 0 Å². The molecule has 0 aliphatic rings. The molecule has 0 bridgehead atoms. The molecule has 0 aliphatic heterocycles. The highest BCUT2D eigenvalue weighted by Crippen LogP contribution is 2.30. The third kappa shape index (κ3) is 2.59. The molecule has 0 aliphatic carbocycles. The van der Waals surface area contributed by atoms with Gasteiger partial charge in [-0.2, -0.15) is 0 Å². The minimum atomic E-state index is -1.05. The van der Waals surface area contributed by atoms with E-state index in [0.29, 0.717) is 22.3 Å². The molecule has 2 rings (SSSR count). The van der Waals surface area contributed by atoms with Gasteiger partial charge in [0.2, 0.25) is 0 Å². The van der Waals surface area contributed by atoms with Crippen LogP contribution in [0.3, 0.4) is 0 Å². The van der Waals surface area contributed by atoms with E-state index in [1.54, 1.807) is 19.1 Å². The van der Waals surface area contributed by atoms with E-state index in [2.05, 4.69) is 0 Å². The van der Waals surface area contributed by atoms with E-state index in [-0.39, 0.29) is 0 Å². The summed E-state index contributed by atoms with van der Waals surface area (Å²) in [7, 11) is 0. The summed E-state index contributed by atoms with van der Waals surface area (Å²) in [5.41, 5.74) is 1.48. The molecule has 0 fully saturated rings. The summed E-state index contributed by atoms with van der Waals surface area (Å²) in [5, 5.41) is 9.52. The van der Waals surface area contributed by atoms with Crippen LogP contribution < -0.4 is 10.4 Å². The fraction of sp³-hybridized carbons (Fsp3) is 0.286. The Morgan fingerprint density at radius 1 is 1.32 bits per heavy atom. The van der Waals surface area contributed by atoms with Crippen molar-refractivity contribution >= 4 is 16.9 Å². The van der Waals surface area contributed by atoms with Crippen molar-refractivity contribution in [3.63, 3.8) is 0 Å². The maximum absolute atomic E-state index is 11.4. The van der Waals surface area contributed by atoms with E-state index in [1.165, 1.54) is 13.0 Å². The third-order valence-electron chi connectivity index (χ3n) is 2.80. The van der Waals surface area contributed by atoms with Crippen LogP contribution in [0.5, 0.6) is 5.75 Å². The molecule has 2 aromatic rings. The van der Waals surface area contributed by atoms with Gasteiger partial charge in [0, 0.05) is 6.07 Å². The van der Waals surface area contributed by atoms with Crippen LogP contribution in [0.1, 0.15) is 18.1 Å². The molecule has 19 heavy (non-hydrogen) atoms. The number of fused-ring (bicyclic) bond motifs is 1. The zero-order valence-electron chi connectivity index (χ0n) is 10.9. The predicted octanol–water partition coefficient (Wildman–Crippen LogP) is 2.26. The van der Waals surface area contributed by atoms with Crippen LogP contribution in [0.4, 0.5) is 0 Å². The normalized spacial score (nSPS) is 12.4. The van der Waals surface area contributed by atoms with Crippen LogP contribution in [0.25, 0.3) is 11.0 Å². The fourth-order valence-corrected chi connectivity index (χ4v) is 1.91. The van der Waals surface area contributed by atoms with Gasteiger partial charge in [0.05, 0.1) is 5.39 Å². The average Bonchev–Trinajstić information content (AvgIpc) is 2.26. The van der Waals surface area contributed by atoms with Crippen LogP contribution >= 0.6 is 0 Å². The molecule has 1 aromatic carbocycles. The lowest BCUT2D eigenvalue weighted by molar-refractivity contribution is -0.144. The monoisotopic (exact) mass is 262 g/mol. The lowest BCUT2D eigenvalue weighted by Crippen LogP contribution is -2.23. The first-order valence-electron chi connectivity index (χ1n) is 5.83. The molecule has 100 valence electrons. The van der Waals surface area contributed by atoms with Crippen molar-refractivity contribution in [1.82, 2.24) is 0 Å². The quantitative estimate of drug-likeness (QED) is 0.858. The minimum Gasteiger partial charge on any atom is -0.479 e. The largest absolute Gasteiger partial charge is 0.479 e. The summed E-state index contributed by atoms with van der Waals surface area (Å²) in [6, 6.07) is 4.81. The predicted molar refractivity (Wildman–Crippen MR) is 69.7 cm³/mol. The van der Waals surface area contributed by atoms with Gasteiger partial charge in [-0.15, -0.1) is 0 Å². The Morgan fingerprint density at radius 2 is 2.00 bits per heavy atom. The minimum absolute atomic E-state index is 0.401. The van der Waals surface area contributed by atoms with E-state index in [9.17, 15) is 9.59 Å². The Balaban J connectivity index is 2.66. The summed E-state index contributed by atoms with van der Waals surface area (Å²) in [4.78, 5) is 22.2. The number of benzene rings is 1. The van der Waals surface area contributed by atoms with E-state index < -0.39 is 17.7 Å². The first kappa shape index (κ1) is 13.1. The molecule has 1 N–H and O–H groups in total. The second-order valence-corrected chi connectivity index (χ2v) is 4.48. The van der Waals surface area contributed by atoms with Gasteiger partial charge in [0.1, 0.15) is 11.3 Å². The second-order valence-electron chi connectivity index (χ2n) is 4.48. The van der Waals surface area contributed by atoms with Gasteiger partial charge in [-0.25, -0.2) is 9.59 Å². The average molecular weight is 262 g/mol. The van der Waals surface area contributed by atoms with Gasteiger partial charge in [0.25, 0.3) is 0 Å². The topological polar surface area (TPSA) is 76.7 Å². The first-order chi connectivity index (χ1) is 8.88. The van der Waals surface area contributed by atoms with Gasteiger partial charge in [-0.3, -0.25) is 0 Å². The van der Waals surface area contributed by atoms with E-state index in [1.807, 2.05) is 6.92 Å². The summed E-state index contributed by atoms with van der Waals surface area (Å²) in [6.45, 7) is 5.03. The van der Waals surface area contributed by atoms with Gasteiger partial charge < -0.3 is 14.3 Å². The molecular formula is C14H14O5. The molecule has 0 saturated carbocycles. The Bertz CT molecular complexity index is 699. The zero-order chi connectivity index (χ0) is 14.2. The van der Waals surface area contributed by atoms with Crippen molar-refractivity contribution in [2.24, 2.45) is 0 Å². The molecule has 5 heteroatoms. The Labute approximate surface area is 109 Å². The number of carbonyl (C=O) groups is 1. The maximum Gasteiger partial charge on any atom is 0.344 e. The summed E-state index contributed by atoms with van der Waals surface area (Å²) >= 11 is 0. The van der Waals surface area contributed by atoms with Gasteiger partial charge in [-0.1, -0.05) is 0 Å². The smallest absolute Gasteiger partial charge is 0.344 e. The Kier molecular flexibility index (Phi) is 3.29. The van der Waals surface area contributed by atoms with Gasteiger partial charge in [-0.05, 0) is 44.0 Å². The van der Waals surface area contributed by atoms with Gasteiger partial charge >= 0.3 is 11.6 Å². The molecule has 1 heterocycles. The van der Waals surface area contributed by atoms with E-state index in [0.717, 1.165) is 5.56 Å². The molecule has 0 amide bonds. The van der Waals surface area contributed by atoms with Crippen LogP contribution in [-0.4, -0.2) is 17.2 Å². The summed E-state index contributed by atoms with van der Waals surface area (Å²) in [5.74, 6) is -0.643. The van der Waals surface area contributed by atoms with Crippen molar-refractivity contribution in [2.75, 3.05) is 0 Å². The van der Waals surface area contributed by atoms with E-state index in [4.69, 9.17) is 14.3 Å². The summed E-state index contributed by atoms with van der Waals surface area (Å²) < 4.78 is 10.6. The Morgan fingerprint density at radius 3 is 2.63 bits per heavy atom. The number of carboxylic acids is 1. The molecule has 0 spiro atoms. The number of ether oxygens (including phenoxy) is 1. The van der Waals surface area contributed by atoms with Crippen LogP contribution in [0.15, 0.2) is 27.4 Å². The SMILES string of the molecule is Cc1cc(OC(C)C(=O)O)c2c(C)cc(=O)oc2c1. The van der Waals surface area contributed by atoms with Crippen molar-refractivity contribution in [3.8, 4) is 5.75 Å². The van der Waals surface area contributed by atoms with Crippen molar-refractivity contribution in [3.05, 3.63) is 39.7 Å². The number of aliphatic carboxylic acids is 1. The third-order valence-corrected chi connectivity index (χ3v) is 2.80. The molecular weight excluding hydrogens is 248 g/mol. The summed E-state index contributed by atoms with van der Waals surface area (Å²) in [6.07, 6.45) is -0.976. The Hall–Kier alpha value is -2.30. The maximum atomic E-state index is 11.4. The molecule has 0 saturated heterocycles. The van der Waals surface area contributed by atoms with Crippen molar-refractivity contribution in [1.29, 1.82) is 0 Å². The van der Waals surface area contributed by atoms with Crippen LogP contribution in [-0.2, 0) is 4.79 Å². The molecule has 5 nitrogen and oxygen atoms in total. The fourth-order valence-electron chi connectivity index (χ4n) is 1.91. The molecule has 0 radical (unpaired) electrons. The zero-order valence-corrected chi connectivity index (χ0v) is 10.9. The van der Waals surface area contributed by atoms with Crippen LogP contribution in [0.2, 0.25) is 0 Å². The highest BCUT2D eigenvalue weighted by molar-refractivity contribution is 5.87.